The van der Waals surface area contributed by atoms with Gasteiger partial charge < -0.3 is 15.3 Å². The number of nitrogens with one attached hydrogen (secondary N) is 1. The number of hydrogen-bond acceptors (Lipinski definition) is 3. The topological polar surface area (TPSA) is 69.6 Å². The molecule has 0 fully saturated rings. The lowest BCUT2D eigenvalue weighted by Crippen LogP contribution is -2.31. The van der Waals surface area contributed by atoms with Crippen LogP contribution in [0.5, 0.6) is 0 Å². The third-order valence-corrected chi connectivity index (χ3v) is 3.42. The van der Waals surface area contributed by atoms with Gasteiger partial charge >= 0.3 is 0 Å². The molecule has 1 atom stereocenters. The highest BCUT2D eigenvalue weighted by atomic mass is 16.3. The van der Waals surface area contributed by atoms with E-state index in [1.807, 2.05) is 6.92 Å². The first-order chi connectivity index (χ1) is 10.0. The summed E-state index contributed by atoms with van der Waals surface area (Å²) in [6, 6.07) is 7.01. The molecule has 2 N–H and O–H groups in total. The van der Waals surface area contributed by atoms with Crippen molar-refractivity contribution in [1.82, 2.24) is 5.32 Å². The minimum atomic E-state index is -0.398. The number of aliphatic hydroxyl groups is 1. The molecule has 21 heavy (non-hydrogen) atoms. The molecule has 5 nitrogen and oxygen atoms in total. The molecule has 0 saturated heterocycles. The first kappa shape index (κ1) is 17.2. The Balaban J connectivity index is 2.78. The molecule has 5 heteroatoms. The summed E-state index contributed by atoms with van der Waals surface area (Å²) in [6.45, 7) is 4.09. The first-order valence-electron chi connectivity index (χ1n) is 7.33. The minimum absolute atomic E-state index is 0.0448. The molecule has 116 valence electrons. The number of carbonyl (C=O) groups excluding carboxylic acids is 2. The molecule has 0 aliphatic rings. The quantitative estimate of drug-likeness (QED) is 0.807. The van der Waals surface area contributed by atoms with Crippen LogP contribution in [0.15, 0.2) is 24.3 Å². The predicted octanol–water partition coefficient (Wildman–Crippen LogP) is 1.95. The molecule has 0 aliphatic heterocycles. The lowest BCUT2D eigenvalue weighted by molar-refractivity contribution is -0.118. The molecule has 0 heterocycles. The Hall–Kier alpha value is -1.88. The maximum Gasteiger partial charge on any atom is 0.253 e. The molecule has 1 rings (SSSR count). The largest absolute Gasteiger partial charge is 0.393 e. The minimum Gasteiger partial charge on any atom is -0.393 e. The number of carbonyl (C=O) groups is 2. The molecule has 2 amide bonds. The molecule has 0 spiro atoms. The molecular weight excluding hydrogens is 268 g/mol. The summed E-state index contributed by atoms with van der Waals surface area (Å²) in [6.07, 6.45) is 1.17. The van der Waals surface area contributed by atoms with Crippen molar-refractivity contribution in [3.63, 3.8) is 0 Å². The summed E-state index contributed by atoms with van der Waals surface area (Å²) >= 11 is 0. The number of rotatable bonds is 7. The van der Waals surface area contributed by atoms with Crippen LogP contribution in [0.25, 0.3) is 0 Å². The monoisotopic (exact) mass is 292 g/mol. The van der Waals surface area contributed by atoms with Gasteiger partial charge in [-0.2, -0.15) is 0 Å². The molecule has 1 unspecified atom stereocenters. The van der Waals surface area contributed by atoms with Crippen molar-refractivity contribution < 1.29 is 14.7 Å². The van der Waals surface area contributed by atoms with Crippen LogP contribution in [-0.4, -0.2) is 36.6 Å². The fourth-order valence-electron chi connectivity index (χ4n) is 1.98. The van der Waals surface area contributed by atoms with Gasteiger partial charge in [0.1, 0.15) is 0 Å². The van der Waals surface area contributed by atoms with Crippen LogP contribution >= 0.6 is 0 Å². The van der Waals surface area contributed by atoms with E-state index in [9.17, 15) is 14.7 Å². The van der Waals surface area contributed by atoms with Gasteiger partial charge in [0.15, 0.2) is 0 Å². The summed E-state index contributed by atoms with van der Waals surface area (Å²) in [5.74, 6) is -0.277. The summed E-state index contributed by atoms with van der Waals surface area (Å²) in [5, 5.41) is 12.3. The van der Waals surface area contributed by atoms with E-state index >= 15 is 0 Å². The average Bonchev–Trinajstić information content (AvgIpc) is 2.52. The van der Waals surface area contributed by atoms with Crippen LogP contribution in [0.4, 0.5) is 5.69 Å². The standard InChI is InChI=1S/C16H24N2O3/c1-4-12(19)10-11-17-16(21)13-8-6-7-9-14(13)18(3)15(20)5-2/h6-9,12,19H,4-5,10-11H2,1-3H3,(H,17,21). The van der Waals surface area contributed by atoms with Gasteiger partial charge in [-0.15, -0.1) is 0 Å². The van der Waals surface area contributed by atoms with E-state index in [0.29, 0.717) is 37.1 Å². The van der Waals surface area contributed by atoms with Crippen LogP contribution in [0, 0.1) is 0 Å². The van der Waals surface area contributed by atoms with Gasteiger partial charge in [-0.05, 0) is 25.0 Å². The van der Waals surface area contributed by atoms with Crippen LogP contribution < -0.4 is 10.2 Å². The molecule has 0 aliphatic carbocycles. The number of aliphatic hydroxyl groups excluding tert-OH is 1. The van der Waals surface area contributed by atoms with Crippen LogP contribution in [0.1, 0.15) is 43.5 Å². The van der Waals surface area contributed by atoms with Crippen molar-refractivity contribution in [2.45, 2.75) is 39.2 Å². The smallest absolute Gasteiger partial charge is 0.253 e. The Morgan fingerprint density at radius 3 is 2.57 bits per heavy atom. The number of hydrogen-bond donors (Lipinski definition) is 2. The lowest BCUT2D eigenvalue weighted by atomic mass is 10.1. The second-order valence-electron chi connectivity index (χ2n) is 4.93. The zero-order chi connectivity index (χ0) is 15.8. The molecule has 1 aromatic carbocycles. The highest BCUT2D eigenvalue weighted by Gasteiger charge is 2.17. The van der Waals surface area contributed by atoms with Gasteiger partial charge in [0.05, 0.1) is 17.4 Å². The Morgan fingerprint density at radius 2 is 1.95 bits per heavy atom. The number of anilines is 1. The van der Waals surface area contributed by atoms with E-state index in [-0.39, 0.29) is 11.8 Å². The number of nitrogens with zero attached hydrogens (tertiary/aromatic N) is 1. The summed E-state index contributed by atoms with van der Waals surface area (Å²) in [5.41, 5.74) is 1.06. The lowest BCUT2D eigenvalue weighted by Gasteiger charge is -2.20. The Morgan fingerprint density at radius 1 is 1.29 bits per heavy atom. The molecule has 0 bridgehead atoms. The van der Waals surface area contributed by atoms with E-state index in [4.69, 9.17) is 0 Å². The number of para-hydroxylation sites is 1. The third kappa shape index (κ3) is 4.86. The molecule has 0 saturated carbocycles. The van der Waals surface area contributed by atoms with Gasteiger partial charge in [0.2, 0.25) is 5.91 Å². The predicted molar refractivity (Wildman–Crippen MR) is 83.4 cm³/mol. The summed E-state index contributed by atoms with van der Waals surface area (Å²) in [4.78, 5) is 25.5. The zero-order valence-electron chi connectivity index (χ0n) is 12.9. The summed E-state index contributed by atoms with van der Waals surface area (Å²) in [7, 11) is 1.67. The SMILES string of the molecule is CCC(=O)N(C)c1ccccc1C(=O)NCCC(O)CC. The van der Waals surface area contributed by atoms with Crippen molar-refractivity contribution in [3.8, 4) is 0 Å². The van der Waals surface area contributed by atoms with Gasteiger partial charge in [-0.3, -0.25) is 9.59 Å². The molecule has 1 aromatic rings. The van der Waals surface area contributed by atoms with E-state index in [1.54, 1.807) is 38.2 Å². The molecular formula is C16H24N2O3. The average molecular weight is 292 g/mol. The highest BCUT2D eigenvalue weighted by molar-refractivity contribution is 6.04. The molecule has 0 aromatic heterocycles. The van der Waals surface area contributed by atoms with Crippen molar-refractivity contribution in [3.05, 3.63) is 29.8 Å². The number of benzene rings is 1. The van der Waals surface area contributed by atoms with Crippen molar-refractivity contribution in [2.75, 3.05) is 18.5 Å². The molecule has 0 radical (unpaired) electrons. The van der Waals surface area contributed by atoms with Crippen LogP contribution in [0.2, 0.25) is 0 Å². The highest BCUT2D eigenvalue weighted by Crippen LogP contribution is 2.19. The fourth-order valence-corrected chi connectivity index (χ4v) is 1.98. The van der Waals surface area contributed by atoms with Gasteiger partial charge in [0.25, 0.3) is 5.91 Å². The Labute approximate surface area is 126 Å². The second kappa shape index (κ2) is 8.42. The maximum absolute atomic E-state index is 12.2. The second-order valence-corrected chi connectivity index (χ2v) is 4.93. The zero-order valence-corrected chi connectivity index (χ0v) is 12.9. The summed E-state index contributed by atoms with van der Waals surface area (Å²) < 4.78 is 0. The Bertz CT molecular complexity index is 488. The van der Waals surface area contributed by atoms with Crippen molar-refractivity contribution in [1.29, 1.82) is 0 Å². The first-order valence-corrected chi connectivity index (χ1v) is 7.33. The van der Waals surface area contributed by atoms with Gasteiger partial charge in [-0.1, -0.05) is 26.0 Å². The van der Waals surface area contributed by atoms with Crippen LogP contribution in [0.3, 0.4) is 0 Å². The number of amides is 2. The van der Waals surface area contributed by atoms with Crippen molar-refractivity contribution in [2.24, 2.45) is 0 Å². The van der Waals surface area contributed by atoms with Crippen molar-refractivity contribution >= 4 is 17.5 Å². The van der Waals surface area contributed by atoms with Crippen LogP contribution in [-0.2, 0) is 4.79 Å². The van der Waals surface area contributed by atoms with E-state index in [0.717, 1.165) is 0 Å². The van der Waals surface area contributed by atoms with E-state index in [1.165, 1.54) is 4.90 Å². The fraction of sp³-hybridized carbons (Fsp3) is 0.500. The normalized spacial score (nSPS) is 11.8. The van der Waals surface area contributed by atoms with Gasteiger partial charge in [0, 0.05) is 20.0 Å². The maximum atomic E-state index is 12.2. The van der Waals surface area contributed by atoms with E-state index in [2.05, 4.69) is 5.32 Å². The van der Waals surface area contributed by atoms with E-state index < -0.39 is 6.10 Å². The third-order valence-electron chi connectivity index (χ3n) is 3.42. The van der Waals surface area contributed by atoms with Gasteiger partial charge in [-0.25, -0.2) is 0 Å². The Kier molecular flexibility index (Phi) is 6.88.